The molecule has 1 aliphatic heterocycles. The number of methoxy groups -OCH3 is 1. The van der Waals surface area contributed by atoms with Crippen LogP contribution in [0.2, 0.25) is 0 Å². The van der Waals surface area contributed by atoms with Crippen LogP contribution in [0, 0.1) is 0 Å². The summed E-state index contributed by atoms with van der Waals surface area (Å²) in [6.07, 6.45) is 2.93. The molecule has 132 valence electrons. The van der Waals surface area contributed by atoms with E-state index in [0.717, 1.165) is 30.4 Å². The number of benzene rings is 1. The number of ether oxygens (including phenoxy) is 2. The molecule has 1 aromatic carbocycles. The molecule has 0 bridgehead atoms. The van der Waals surface area contributed by atoms with Crippen LogP contribution in [0.3, 0.4) is 0 Å². The SMILES string of the molecule is COC(=O)Cc1cccc(C2CCCCN2C(=O)OC(C)(C)C)c1. The minimum atomic E-state index is -0.508. The molecule has 1 heterocycles. The summed E-state index contributed by atoms with van der Waals surface area (Å²) in [4.78, 5) is 25.8. The molecule has 1 atom stereocenters. The fraction of sp³-hybridized carbons (Fsp3) is 0.579. The first-order valence-electron chi connectivity index (χ1n) is 8.45. The Hall–Kier alpha value is -2.04. The summed E-state index contributed by atoms with van der Waals surface area (Å²) >= 11 is 0. The van der Waals surface area contributed by atoms with Gasteiger partial charge in [-0.2, -0.15) is 0 Å². The van der Waals surface area contributed by atoms with Gasteiger partial charge in [0.25, 0.3) is 0 Å². The Bertz CT molecular complexity index is 591. The van der Waals surface area contributed by atoms with Crippen LogP contribution in [0.4, 0.5) is 4.79 Å². The van der Waals surface area contributed by atoms with Gasteiger partial charge in [0.15, 0.2) is 0 Å². The van der Waals surface area contributed by atoms with E-state index in [4.69, 9.17) is 9.47 Å². The normalized spacial score (nSPS) is 18.2. The van der Waals surface area contributed by atoms with E-state index in [1.165, 1.54) is 7.11 Å². The van der Waals surface area contributed by atoms with Crippen molar-refractivity contribution in [3.63, 3.8) is 0 Å². The van der Waals surface area contributed by atoms with Gasteiger partial charge in [-0.1, -0.05) is 24.3 Å². The van der Waals surface area contributed by atoms with Crippen LogP contribution in [0.25, 0.3) is 0 Å². The van der Waals surface area contributed by atoms with Crippen LogP contribution in [0.5, 0.6) is 0 Å². The van der Waals surface area contributed by atoms with E-state index in [-0.39, 0.29) is 24.5 Å². The molecule has 1 saturated heterocycles. The molecule has 0 N–H and O–H groups in total. The fourth-order valence-corrected chi connectivity index (χ4v) is 2.97. The van der Waals surface area contributed by atoms with Crippen molar-refractivity contribution in [1.29, 1.82) is 0 Å². The Morgan fingerprint density at radius 1 is 1.25 bits per heavy atom. The van der Waals surface area contributed by atoms with Gasteiger partial charge < -0.3 is 14.4 Å². The Morgan fingerprint density at radius 2 is 2.00 bits per heavy atom. The molecule has 0 saturated carbocycles. The van der Waals surface area contributed by atoms with E-state index < -0.39 is 5.60 Å². The number of amides is 1. The van der Waals surface area contributed by atoms with E-state index in [0.29, 0.717) is 6.54 Å². The summed E-state index contributed by atoms with van der Waals surface area (Å²) in [7, 11) is 1.39. The number of likely N-dealkylation sites (tertiary alicyclic amines) is 1. The average Bonchev–Trinajstić information content (AvgIpc) is 2.53. The molecule has 1 amide bonds. The highest BCUT2D eigenvalue weighted by Crippen LogP contribution is 2.32. The number of hydrogen-bond donors (Lipinski definition) is 0. The Labute approximate surface area is 143 Å². The van der Waals surface area contributed by atoms with Crippen LogP contribution >= 0.6 is 0 Å². The van der Waals surface area contributed by atoms with Gasteiger partial charge in [-0.3, -0.25) is 4.79 Å². The first-order chi connectivity index (χ1) is 11.3. The molecule has 0 spiro atoms. The fourth-order valence-electron chi connectivity index (χ4n) is 2.97. The number of rotatable bonds is 3. The third-order valence-electron chi connectivity index (χ3n) is 4.04. The highest BCUT2D eigenvalue weighted by molar-refractivity contribution is 5.72. The van der Waals surface area contributed by atoms with Gasteiger partial charge in [-0.25, -0.2) is 4.79 Å². The van der Waals surface area contributed by atoms with Crippen molar-refractivity contribution in [3.05, 3.63) is 35.4 Å². The van der Waals surface area contributed by atoms with Crippen molar-refractivity contribution >= 4 is 12.1 Å². The largest absolute Gasteiger partial charge is 0.469 e. The van der Waals surface area contributed by atoms with Crippen LogP contribution in [0.15, 0.2) is 24.3 Å². The predicted octanol–water partition coefficient (Wildman–Crippen LogP) is 3.86. The lowest BCUT2D eigenvalue weighted by atomic mass is 9.94. The van der Waals surface area contributed by atoms with Crippen molar-refractivity contribution in [3.8, 4) is 0 Å². The minimum absolute atomic E-state index is 0.00815. The summed E-state index contributed by atoms with van der Waals surface area (Å²) in [5.74, 6) is -0.264. The van der Waals surface area contributed by atoms with E-state index >= 15 is 0 Å². The second kappa shape index (κ2) is 7.69. The molecular weight excluding hydrogens is 306 g/mol. The van der Waals surface area contributed by atoms with Gasteiger partial charge >= 0.3 is 12.1 Å². The minimum Gasteiger partial charge on any atom is -0.469 e. The topological polar surface area (TPSA) is 55.8 Å². The van der Waals surface area contributed by atoms with Crippen molar-refractivity contribution in [2.24, 2.45) is 0 Å². The molecule has 0 aliphatic carbocycles. The zero-order chi connectivity index (χ0) is 17.7. The van der Waals surface area contributed by atoms with Gasteiger partial charge in [0, 0.05) is 6.54 Å². The van der Waals surface area contributed by atoms with Gasteiger partial charge in [0.2, 0.25) is 0 Å². The van der Waals surface area contributed by atoms with Crippen molar-refractivity contribution in [2.75, 3.05) is 13.7 Å². The number of carbonyl (C=O) groups is 2. The van der Waals surface area contributed by atoms with Crippen LogP contribution in [0.1, 0.15) is 57.2 Å². The number of hydrogen-bond acceptors (Lipinski definition) is 4. The highest BCUT2D eigenvalue weighted by Gasteiger charge is 2.31. The van der Waals surface area contributed by atoms with Crippen molar-refractivity contribution < 1.29 is 19.1 Å². The number of esters is 1. The zero-order valence-electron chi connectivity index (χ0n) is 15.0. The molecule has 1 aromatic rings. The van der Waals surface area contributed by atoms with Crippen molar-refractivity contribution in [1.82, 2.24) is 4.90 Å². The Balaban J connectivity index is 2.19. The lowest BCUT2D eigenvalue weighted by Crippen LogP contribution is -2.41. The van der Waals surface area contributed by atoms with E-state index in [1.807, 2.05) is 49.9 Å². The lowest BCUT2D eigenvalue weighted by molar-refractivity contribution is -0.139. The third-order valence-corrected chi connectivity index (χ3v) is 4.04. The highest BCUT2D eigenvalue weighted by atomic mass is 16.6. The smallest absolute Gasteiger partial charge is 0.410 e. The average molecular weight is 333 g/mol. The molecule has 5 nitrogen and oxygen atoms in total. The summed E-state index contributed by atoms with van der Waals surface area (Å²) < 4.78 is 10.3. The lowest BCUT2D eigenvalue weighted by Gasteiger charge is -2.37. The van der Waals surface area contributed by atoms with Crippen LogP contribution in [-0.2, 0) is 20.7 Å². The van der Waals surface area contributed by atoms with E-state index in [1.54, 1.807) is 0 Å². The second-order valence-electron chi connectivity index (χ2n) is 7.18. The number of piperidine rings is 1. The monoisotopic (exact) mass is 333 g/mol. The third kappa shape index (κ3) is 4.98. The summed E-state index contributed by atoms with van der Waals surface area (Å²) in [6.45, 7) is 6.32. The summed E-state index contributed by atoms with van der Waals surface area (Å²) in [5.41, 5.74) is 1.43. The molecule has 1 unspecified atom stereocenters. The molecule has 0 aromatic heterocycles. The Kier molecular flexibility index (Phi) is 5.86. The van der Waals surface area contributed by atoms with Gasteiger partial charge in [0.1, 0.15) is 5.60 Å². The zero-order valence-corrected chi connectivity index (χ0v) is 15.0. The number of carbonyl (C=O) groups excluding carboxylic acids is 2. The summed E-state index contributed by atoms with van der Waals surface area (Å²) in [5, 5.41) is 0. The quantitative estimate of drug-likeness (QED) is 0.788. The molecule has 0 radical (unpaired) electrons. The summed E-state index contributed by atoms with van der Waals surface area (Å²) in [6, 6.07) is 7.82. The van der Waals surface area contributed by atoms with Crippen molar-refractivity contribution in [2.45, 2.75) is 58.1 Å². The van der Waals surface area contributed by atoms with Crippen LogP contribution < -0.4 is 0 Å². The molecule has 1 aliphatic rings. The number of nitrogens with zero attached hydrogens (tertiary/aromatic N) is 1. The molecular formula is C19H27NO4. The van der Waals surface area contributed by atoms with Gasteiger partial charge in [-0.05, 0) is 51.2 Å². The predicted molar refractivity (Wildman–Crippen MR) is 91.7 cm³/mol. The van der Waals surface area contributed by atoms with Gasteiger partial charge in [0.05, 0.1) is 19.6 Å². The second-order valence-corrected chi connectivity index (χ2v) is 7.18. The molecule has 5 heteroatoms. The van der Waals surface area contributed by atoms with Gasteiger partial charge in [-0.15, -0.1) is 0 Å². The van der Waals surface area contributed by atoms with E-state index in [2.05, 4.69) is 0 Å². The maximum Gasteiger partial charge on any atom is 0.410 e. The maximum atomic E-state index is 12.5. The maximum absolute atomic E-state index is 12.5. The molecule has 1 fully saturated rings. The molecule has 2 rings (SSSR count). The van der Waals surface area contributed by atoms with Crippen LogP contribution in [-0.4, -0.2) is 36.2 Å². The Morgan fingerprint density at radius 3 is 2.67 bits per heavy atom. The molecule has 24 heavy (non-hydrogen) atoms. The standard InChI is InChI=1S/C19H27NO4/c1-19(2,3)24-18(22)20-11-6-5-10-16(20)15-9-7-8-14(12-15)13-17(21)23-4/h7-9,12,16H,5-6,10-11,13H2,1-4H3. The first-order valence-corrected chi connectivity index (χ1v) is 8.45. The van der Waals surface area contributed by atoms with E-state index in [9.17, 15) is 9.59 Å². The first kappa shape index (κ1) is 18.3.